The van der Waals surface area contributed by atoms with Gasteiger partial charge in [-0.05, 0) is 31.6 Å². The van der Waals surface area contributed by atoms with Gasteiger partial charge < -0.3 is 18.8 Å². The van der Waals surface area contributed by atoms with E-state index >= 15 is 0 Å². The van der Waals surface area contributed by atoms with Crippen molar-refractivity contribution in [2.24, 2.45) is 11.8 Å². The predicted molar refractivity (Wildman–Crippen MR) is 159 cm³/mol. The maximum Gasteiger partial charge on any atom is 0.391 e. The van der Waals surface area contributed by atoms with E-state index in [0.29, 0.717) is 18.3 Å². The first-order valence-electron chi connectivity index (χ1n) is 15.6. The molecule has 1 rings (SSSR count). The van der Waals surface area contributed by atoms with Crippen LogP contribution in [0.5, 0.6) is 0 Å². The first kappa shape index (κ1) is 35.8. The molecule has 0 amide bonds. The van der Waals surface area contributed by atoms with E-state index in [0.717, 1.165) is 37.2 Å². The number of hydrogen-bond acceptors (Lipinski definition) is 7. The van der Waals surface area contributed by atoms with Crippen LogP contribution in [0, 0.1) is 11.8 Å². The fourth-order valence-electron chi connectivity index (χ4n) is 5.33. The topological polar surface area (TPSA) is 82.1 Å². The molecule has 3 unspecified atom stereocenters. The van der Waals surface area contributed by atoms with E-state index in [2.05, 4.69) is 13.8 Å². The molecule has 0 bridgehead atoms. The van der Waals surface area contributed by atoms with Crippen LogP contribution in [0.2, 0.25) is 0 Å². The lowest BCUT2D eigenvalue weighted by molar-refractivity contribution is -0.192. The van der Waals surface area contributed by atoms with Crippen molar-refractivity contribution in [3.8, 4) is 0 Å². The summed E-state index contributed by atoms with van der Waals surface area (Å²) in [6.45, 7) is 6.85. The van der Waals surface area contributed by atoms with E-state index in [4.69, 9.17) is 13.7 Å². The molecule has 0 spiro atoms. The van der Waals surface area contributed by atoms with Crippen molar-refractivity contribution in [3.63, 3.8) is 0 Å². The quantitative estimate of drug-likeness (QED) is 0.0403. The number of unbranched alkanes of at least 4 members (excludes halogenated alkanes) is 9. The summed E-state index contributed by atoms with van der Waals surface area (Å²) in [6.07, 6.45) is 23.4. The molecule has 3 atom stereocenters. The molecule has 0 aliphatic heterocycles. The zero-order valence-electron chi connectivity index (χ0n) is 24.6. The van der Waals surface area contributed by atoms with Gasteiger partial charge >= 0.3 is 11.5 Å². The summed E-state index contributed by atoms with van der Waals surface area (Å²) in [7, 11) is -0.830. The van der Waals surface area contributed by atoms with Crippen LogP contribution in [-0.4, -0.2) is 41.7 Å². The van der Waals surface area contributed by atoms with E-state index in [1.165, 1.54) is 103 Å². The summed E-state index contributed by atoms with van der Waals surface area (Å²) in [5, 5.41) is 10.5. The van der Waals surface area contributed by atoms with E-state index < -0.39 is 20.0 Å². The van der Waals surface area contributed by atoms with Crippen LogP contribution >= 0.6 is 20.5 Å². The minimum atomic E-state index is -2.50. The summed E-state index contributed by atoms with van der Waals surface area (Å²) in [4.78, 5) is 12.5. The molecule has 8 heteroatoms. The second-order valence-electron chi connectivity index (χ2n) is 11.2. The lowest BCUT2D eigenvalue weighted by Crippen LogP contribution is -2.38. The third-order valence-electron chi connectivity index (χ3n) is 7.76. The number of ether oxygens (including phenoxy) is 2. The number of rotatable bonds is 24. The fourth-order valence-corrected chi connectivity index (χ4v) is 6.34. The van der Waals surface area contributed by atoms with Crippen molar-refractivity contribution in [1.82, 2.24) is 0 Å². The van der Waals surface area contributed by atoms with Crippen molar-refractivity contribution < 1.29 is 28.1 Å². The summed E-state index contributed by atoms with van der Waals surface area (Å²) < 4.78 is 27.9. The van der Waals surface area contributed by atoms with E-state index in [9.17, 15) is 14.5 Å². The summed E-state index contributed by atoms with van der Waals surface area (Å²) in [5.41, 5.74) is -2.50. The molecule has 224 valence electrons. The number of hydrogen-bond donors (Lipinski definition) is 1. The van der Waals surface area contributed by atoms with Crippen LogP contribution in [0.25, 0.3) is 0 Å². The molecular formula is C30H57O6PS. The molecule has 0 radical (unpaired) electrons. The molecule has 0 saturated heterocycles. The van der Waals surface area contributed by atoms with Gasteiger partial charge in [0.25, 0.3) is 0 Å². The lowest BCUT2D eigenvalue weighted by atomic mass is 9.81. The van der Waals surface area contributed by atoms with Gasteiger partial charge in [0, 0.05) is 12.4 Å². The smallest absolute Gasteiger partial charge is 0.387 e. The van der Waals surface area contributed by atoms with Crippen LogP contribution in [0.3, 0.4) is 0 Å². The number of aliphatic hydroxyl groups is 1. The third-order valence-corrected chi connectivity index (χ3v) is 8.99. The molecule has 1 N–H and O–H groups in total. The second-order valence-corrected chi connectivity index (χ2v) is 12.8. The molecule has 1 fully saturated rings. The Bertz CT molecular complexity index is 587. The Labute approximate surface area is 239 Å². The van der Waals surface area contributed by atoms with Gasteiger partial charge in [0.2, 0.25) is 8.46 Å². The predicted octanol–water partition coefficient (Wildman–Crippen LogP) is 9.24. The maximum absolute atomic E-state index is 12.5. The number of carbonyl (C=O) groups is 1. The van der Waals surface area contributed by atoms with Crippen molar-refractivity contribution >= 4 is 26.5 Å². The zero-order valence-corrected chi connectivity index (χ0v) is 26.3. The van der Waals surface area contributed by atoms with E-state index in [-0.39, 0.29) is 12.7 Å². The molecular weight excluding hydrogens is 519 g/mol. The van der Waals surface area contributed by atoms with Gasteiger partial charge in [-0.3, -0.25) is 4.57 Å². The van der Waals surface area contributed by atoms with Crippen molar-refractivity contribution in [2.75, 3.05) is 19.0 Å². The van der Waals surface area contributed by atoms with Gasteiger partial charge in [-0.25, -0.2) is 4.79 Å². The maximum atomic E-state index is 12.5. The monoisotopic (exact) mass is 576 g/mol. The molecule has 0 heterocycles. The summed E-state index contributed by atoms with van der Waals surface area (Å²) in [5.74, 6) is 1.06. The zero-order chi connectivity index (χ0) is 27.9. The first-order valence-corrected chi connectivity index (χ1v) is 17.3. The van der Waals surface area contributed by atoms with E-state index in [1.807, 2.05) is 6.92 Å². The van der Waals surface area contributed by atoms with Gasteiger partial charge in [-0.1, -0.05) is 123 Å². The lowest BCUT2D eigenvalue weighted by Gasteiger charge is -2.26. The van der Waals surface area contributed by atoms with Crippen molar-refractivity contribution in [1.29, 1.82) is 0 Å². The van der Waals surface area contributed by atoms with Crippen LogP contribution in [0.1, 0.15) is 143 Å². The molecule has 0 aromatic carbocycles. The highest BCUT2D eigenvalue weighted by atomic mass is 32.2. The van der Waals surface area contributed by atoms with Crippen LogP contribution in [0.4, 0.5) is 0 Å². The number of carbonyl (C=O) groups excluding carboxylic acids is 1. The molecule has 1 aliphatic rings. The summed E-state index contributed by atoms with van der Waals surface area (Å²) >= 11 is 1.04. The molecule has 1 aliphatic carbocycles. The second kappa shape index (κ2) is 23.5. The Balaban J connectivity index is 2.29. The van der Waals surface area contributed by atoms with Gasteiger partial charge in [0.15, 0.2) is 0 Å². The Hall–Kier alpha value is -0.200. The van der Waals surface area contributed by atoms with Gasteiger partial charge in [-0.15, -0.1) is 0 Å². The first-order chi connectivity index (χ1) is 18.5. The van der Waals surface area contributed by atoms with E-state index in [1.54, 1.807) is 0 Å². The highest BCUT2D eigenvalue weighted by molar-refractivity contribution is 7.95. The largest absolute Gasteiger partial charge is 0.391 e. The summed E-state index contributed by atoms with van der Waals surface area (Å²) in [6, 6.07) is 0. The van der Waals surface area contributed by atoms with Crippen LogP contribution < -0.4 is 0 Å². The van der Waals surface area contributed by atoms with Gasteiger partial charge in [0.05, 0.1) is 24.8 Å². The Morgan fingerprint density at radius 1 is 0.921 bits per heavy atom. The average molecular weight is 577 g/mol. The molecule has 1 saturated carbocycles. The Kier molecular flexibility index (Phi) is 22.2. The van der Waals surface area contributed by atoms with Gasteiger partial charge in [-0.2, -0.15) is 0 Å². The van der Waals surface area contributed by atoms with Gasteiger partial charge in [0.1, 0.15) is 0 Å². The fraction of sp³-hybridized carbons (Fsp3) is 0.967. The molecule has 0 aromatic rings. The third kappa shape index (κ3) is 16.8. The average Bonchev–Trinajstić information content (AvgIpc) is 3.21. The van der Waals surface area contributed by atoms with Crippen LogP contribution in [0.15, 0.2) is 0 Å². The van der Waals surface area contributed by atoms with Crippen molar-refractivity contribution in [3.05, 3.63) is 0 Å². The minimum Gasteiger partial charge on any atom is -0.387 e. The molecule has 38 heavy (non-hydrogen) atoms. The van der Waals surface area contributed by atoms with Crippen LogP contribution in [-0.2, 0) is 23.0 Å². The molecule has 0 aromatic heterocycles. The minimum absolute atomic E-state index is 0.0380. The molecule has 6 nitrogen and oxygen atoms in total. The highest BCUT2D eigenvalue weighted by Gasteiger charge is 2.42. The Morgan fingerprint density at radius 2 is 1.53 bits per heavy atom. The normalized spacial score (nSPS) is 18.1. The Morgan fingerprint density at radius 3 is 2.16 bits per heavy atom. The standard InChI is InChI=1S/C30H57O6PS/c1-4-6-8-9-10-11-14-18-23-34-26(3)25-35-30(32,37-33)29(31)36-38-24-22-28(19-15-7-5-2)27-20-16-12-13-17-21-27/h26-28,32H,4-25H2,1-3H3. The SMILES string of the molecule is CCCCCCCCCCOC(C)COC(O)(P=O)C(=O)OSCCC(CCCCC)C1CCCCCC1. The van der Waals surface area contributed by atoms with Crippen molar-refractivity contribution in [2.45, 2.75) is 154 Å². The highest BCUT2D eigenvalue weighted by Crippen LogP contribution is 2.35.